The van der Waals surface area contributed by atoms with Gasteiger partial charge in [0.2, 0.25) is 0 Å². The standard InChI is InChI=1S/C11H12N2O2/c14-10(11-12-6-7-15-11)13-8-9-4-2-1-3-5-9/h1-5H,6-8H2,(H,13,14). The summed E-state index contributed by atoms with van der Waals surface area (Å²) in [6.07, 6.45) is 0. The largest absolute Gasteiger partial charge is 0.472 e. The predicted molar refractivity (Wildman–Crippen MR) is 56.5 cm³/mol. The maximum Gasteiger partial charge on any atom is 0.306 e. The van der Waals surface area contributed by atoms with Gasteiger partial charge in [0.1, 0.15) is 6.61 Å². The second-order valence-electron chi connectivity index (χ2n) is 3.20. The van der Waals surface area contributed by atoms with Gasteiger partial charge in [-0.25, -0.2) is 4.99 Å². The first-order chi connectivity index (χ1) is 7.36. The van der Waals surface area contributed by atoms with Crippen LogP contribution in [0.1, 0.15) is 5.56 Å². The average Bonchev–Trinajstić information content (AvgIpc) is 2.81. The molecular formula is C11H12N2O2. The van der Waals surface area contributed by atoms with Crippen molar-refractivity contribution < 1.29 is 9.53 Å². The number of nitrogens with one attached hydrogen (secondary N) is 1. The van der Waals surface area contributed by atoms with Crippen molar-refractivity contribution in [2.24, 2.45) is 4.99 Å². The van der Waals surface area contributed by atoms with Gasteiger partial charge in [-0.05, 0) is 5.56 Å². The Morgan fingerprint density at radius 1 is 1.40 bits per heavy atom. The number of carbonyl (C=O) groups excluding carboxylic acids is 1. The molecule has 1 aromatic carbocycles. The summed E-state index contributed by atoms with van der Waals surface area (Å²) < 4.78 is 5.04. The summed E-state index contributed by atoms with van der Waals surface area (Å²) in [6, 6.07) is 9.72. The van der Waals surface area contributed by atoms with Gasteiger partial charge in [-0.2, -0.15) is 0 Å². The van der Waals surface area contributed by atoms with Gasteiger partial charge in [-0.3, -0.25) is 4.79 Å². The third kappa shape index (κ3) is 2.56. The van der Waals surface area contributed by atoms with Crippen molar-refractivity contribution in [1.82, 2.24) is 5.32 Å². The number of ether oxygens (including phenoxy) is 1. The van der Waals surface area contributed by atoms with Crippen LogP contribution < -0.4 is 5.32 Å². The van der Waals surface area contributed by atoms with E-state index in [9.17, 15) is 4.79 Å². The predicted octanol–water partition coefficient (Wildman–Crippen LogP) is 0.731. The fourth-order valence-corrected chi connectivity index (χ4v) is 1.33. The van der Waals surface area contributed by atoms with Crippen LogP contribution in [0.4, 0.5) is 0 Å². The van der Waals surface area contributed by atoms with Gasteiger partial charge in [0, 0.05) is 6.54 Å². The minimum Gasteiger partial charge on any atom is -0.472 e. The molecule has 1 aliphatic heterocycles. The number of nitrogens with zero attached hydrogens (tertiary/aromatic N) is 1. The van der Waals surface area contributed by atoms with Gasteiger partial charge < -0.3 is 10.1 Å². The van der Waals surface area contributed by atoms with Crippen molar-refractivity contribution in [2.75, 3.05) is 13.2 Å². The zero-order valence-electron chi connectivity index (χ0n) is 8.27. The summed E-state index contributed by atoms with van der Waals surface area (Å²) in [4.78, 5) is 15.4. The number of rotatable bonds is 3. The molecule has 1 amide bonds. The van der Waals surface area contributed by atoms with Gasteiger partial charge in [-0.15, -0.1) is 0 Å². The van der Waals surface area contributed by atoms with Gasteiger partial charge in [0.15, 0.2) is 0 Å². The highest BCUT2D eigenvalue weighted by Crippen LogP contribution is 1.98. The fraction of sp³-hybridized carbons (Fsp3) is 0.273. The minimum absolute atomic E-state index is 0.200. The van der Waals surface area contributed by atoms with E-state index in [4.69, 9.17) is 4.74 Å². The van der Waals surface area contributed by atoms with Crippen LogP contribution in [-0.2, 0) is 16.1 Å². The van der Waals surface area contributed by atoms with Gasteiger partial charge in [0.25, 0.3) is 5.90 Å². The van der Waals surface area contributed by atoms with E-state index in [0.29, 0.717) is 19.7 Å². The fourth-order valence-electron chi connectivity index (χ4n) is 1.33. The Morgan fingerprint density at radius 3 is 2.87 bits per heavy atom. The van der Waals surface area contributed by atoms with E-state index >= 15 is 0 Å². The first-order valence-electron chi connectivity index (χ1n) is 4.85. The Bertz CT molecular complexity index is 373. The van der Waals surface area contributed by atoms with Gasteiger partial charge in [-0.1, -0.05) is 30.3 Å². The normalized spacial score (nSPS) is 14.3. The topological polar surface area (TPSA) is 50.7 Å². The Labute approximate surface area is 88.0 Å². The van der Waals surface area contributed by atoms with E-state index in [1.165, 1.54) is 0 Å². The van der Waals surface area contributed by atoms with Crippen LogP contribution in [0, 0.1) is 0 Å². The molecule has 0 bridgehead atoms. The quantitative estimate of drug-likeness (QED) is 0.789. The van der Waals surface area contributed by atoms with E-state index in [-0.39, 0.29) is 11.8 Å². The molecule has 4 heteroatoms. The number of hydrogen-bond acceptors (Lipinski definition) is 3. The molecule has 15 heavy (non-hydrogen) atoms. The second kappa shape index (κ2) is 4.59. The highest BCUT2D eigenvalue weighted by Gasteiger charge is 2.16. The lowest BCUT2D eigenvalue weighted by Gasteiger charge is -2.04. The summed E-state index contributed by atoms with van der Waals surface area (Å²) in [5.74, 6) is -0.0396. The van der Waals surface area contributed by atoms with Crippen LogP contribution in [-0.4, -0.2) is 25.0 Å². The van der Waals surface area contributed by atoms with Crippen LogP contribution >= 0.6 is 0 Å². The lowest BCUT2D eigenvalue weighted by atomic mass is 10.2. The molecule has 2 rings (SSSR count). The van der Waals surface area contributed by atoms with Crippen molar-refractivity contribution in [1.29, 1.82) is 0 Å². The molecule has 1 aromatic rings. The zero-order chi connectivity index (χ0) is 10.5. The molecule has 1 aliphatic rings. The molecule has 0 radical (unpaired) electrons. The molecule has 4 nitrogen and oxygen atoms in total. The Hall–Kier alpha value is -1.84. The smallest absolute Gasteiger partial charge is 0.306 e. The summed E-state index contributed by atoms with van der Waals surface area (Å²) in [5, 5.41) is 2.75. The highest BCUT2D eigenvalue weighted by molar-refractivity contribution is 6.35. The van der Waals surface area contributed by atoms with Crippen LogP contribution in [0.25, 0.3) is 0 Å². The molecular weight excluding hydrogens is 192 g/mol. The minimum atomic E-state index is -0.239. The molecule has 0 spiro atoms. The second-order valence-corrected chi connectivity index (χ2v) is 3.20. The molecule has 1 heterocycles. The number of carbonyl (C=O) groups is 1. The third-order valence-corrected chi connectivity index (χ3v) is 2.08. The number of benzene rings is 1. The molecule has 0 fully saturated rings. The van der Waals surface area contributed by atoms with E-state index < -0.39 is 0 Å². The number of aliphatic imine (C=N–C) groups is 1. The van der Waals surface area contributed by atoms with Crippen molar-refractivity contribution in [3.8, 4) is 0 Å². The summed E-state index contributed by atoms with van der Waals surface area (Å²) >= 11 is 0. The molecule has 0 saturated carbocycles. The molecule has 1 N–H and O–H groups in total. The third-order valence-electron chi connectivity index (χ3n) is 2.08. The summed E-state index contributed by atoms with van der Waals surface area (Å²) in [6.45, 7) is 1.59. The molecule has 0 saturated heterocycles. The van der Waals surface area contributed by atoms with Gasteiger partial charge >= 0.3 is 5.91 Å². The SMILES string of the molecule is O=C(NCc1ccccc1)C1=NCCO1. The maximum atomic E-state index is 11.5. The highest BCUT2D eigenvalue weighted by atomic mass is 16.5. The van der Waals surface area contributed by atoms with E-state index in [1.54, 1.807) is 0 Å². The molecule has 0 aromatic heterocycles. The van der Waals surface area contributed by atoms with Crippen molar-refractivity contribution >= 4 is 11.8 Å². The first kappa shape index (κ1) is 9.71. The van der Waals surface area contributed by atoms with E-state index in [0.717, 1.165) is 5.56 Å². The van der Waals surface area contributed by atoms with Crippen LogP contribution in [0.3, 0.4) is 0 Å². The Balaban J connectivity index is 1.86. The Kier molecular flexibility index (Phi) is 2.97. The van der Waals surface area contributed by atoms with E-state index in [2.05, 4.69) is 10.3 Å². The molecule has 0 unspecified atom stereocenters. The van der Waals surface area contributed by atoms with Crippen LogP contribution in [0.5, 0.6) is 0 Å². The molecule has 0 aliphatic carbocycles. The van der Waals surface area contributed by atoms with Gasteiger partial charge in [0.05, 0.1) is 6.54 Å². The molecule has 0 atom stereocenters. The van der Waals surface area contributed by atoms with Crippen LogP contribution in [0.15, 0.2) is 35.3 Å². The lowest BCUT2D eigenvalue weighted by molar-refractivity contribution is -0.116. The number of hydrogen-bond donors (Lipinski definition) is 1. The van der Waals surface area contributed by atoms with Crippen molar-refractivity contribution in [2.45, 2.75) is 6.54 Å². The van der Waals surface area contributed by atoms with Crippen molar-refractivity contribution in [3.63, 3.8) is 0 Å². The zero-order valence-corrected chi connectivity index (χ0v) is 8.27. The average molecular weight is 204 g/mol. The number of amides is 1. The van der Waals surface area contributed by atoms with E-state index in [1.807, 2.05) is 30.3 Å². The van der Waals surface area contributed by atoms with Crippen LogP contribution in [0.2, 0.25) is 0 Å². The van der Waals surface area contributed by atoms with Crippen molar-refractivity contribution in [3.05, 3.63) is 35.9 Å². The lowest BCUT2D eigenvalue weighted by Crippen LogP contribution is -2.30. The monoisotopic (exact) mass is 204 g/mol. The summed E-state index contributed by atoms with van der Waals surface area (Å²) in [7, 11) is 0. The maximum absolute atomic E-state index is 11.5. The first-order valence-corrected chi connectivity index (χ1v) is 4.85. The molecule has 78 valence electrons. The summed E-state index contributed by atoms with van der Waals surface area (Å²) in [5.41, 5.74) is 1.06. The Morgan fingerprint density at radius 2 is 2.20 bits per heavy atom.